The van der Waals surface area contributed by atoms with E-state index in [1.165, 1.54) is 0 Å². The molecule has 1 amide bonds. The summed E-state index contributed by atoms with van der Waals surface area (Å²) >= 11 is 0. The zero-order valence-corrected chi connectivity index (χ0v) is 12.2. The Morgan fingerprint density at radius 3 is 2.73 bits per heavy atom. The van der Waals surface area contributed by atoms with Crippen LogP contribution in [-0.4, -0.2) is 19.2 Å². The van der Waals surface area contributed by atoms with Crippen LogP contribution in [0, 0.1) is 0 Å². The van der Waals surface area contributed by atoms with Crippen molar-refractivity contribution >= 4 is 11.6 Å². The van der Waals surface area contributed by atoms with Crippen molar-refractivity contribution in [3.63, 3.8) is 0 Å². The fourth-order valence-corrected chi connectivity index (χ4v) is 2.23. The van der Waals surface area contributed by atoms with Gasteiger partial charge in [0.1, 0.15) is 0 Å². The number of hydrogen-bond donors (Lipinski definition) is 2. The van der Waals surface area contributed by atoms with Crippen LogP contribution in [0.4, 0.5) is 5.69 Å². The third-order valence-electron chi connectivity index (χ3n) is 3.35. The Labute approximate surface area is 129 Å². The summed E-state index contributed by atoms with van der Waals surface area (Å²) in [4.78, 5) is 11.8. The first kappa shape index (κ1) is 14.4. The molecule has 3 rings (SSSR count). The summed E-state index contributed by atoms with van der Waals surface area (Å²) in [6, 6.07) is 15.3. The monoisotopic (exact) mass is 298 g/mol. The highest BCUT2D eigenvalue weighted by Crippen LogP contribution is 2.32. The molecule has 1 aliphatic rings. The predicted molar refractivity (Wildman–Crippen MR) is 84.0 cm³/mol. The van der Waals surface area contributed by atoms with Crippen LogP contribution >= 0.6 is 0 Å². The molecule has 0 fully saturated rings. The lowest BCUT2D eigenvalue weighted by atomic mass is 10.2. The van der Waals surface area contributed by atoms with Gasteiger partial charge in [0.05, 0.1) is 0 Å². The number of nitrogens with one attached hydrogen (secondary N) is 2. The van der Waals surface area contributed by atoms with Crippen molar-refractivity contribution in [2.45, 2.75) is 13.0 Å². The third-order valence-corrected chi connectivity index (χ3v) is 3.35. The van der Waals surface area contributed by atoms with Crippen LogP contribution in [0.25, 0.3) is 0 Å². The van der Waals surface area contributed by atoms with Gasteiger partial charge in [-0.05, 0) is 29.8 Å². The summed E-state index contributed by atoms with van der Waals surface area (Å²) in [5.74, 6) is 1.57. The van der Waals surface area contributed by atoms with Crippen molar-refractivity contribution in [2.24, 2.45) is 0 Å². The molecule has 5 nitrogen and oxygen atoms in total. The number of fused-ring (bicyclic) bond motifs is 1. The molecular weight excluding hydrogens is 280 g/mol. The maximum Gasteiger partial charge on any atom is 0.231 e. The van der Waals surface area contributed by atoms with Gasteiger partial charge in [-0.3, -0.25) is 4.79 Å². The second-order valence-electron chi connectivity index (χ2n) is 5.03. The highest BCUT2D eigenvalue weighted by molar-refractivity contribution is 5.90. The van der Waals surface area contributed by atoms with Crippen molar-refractivity contribution in [1.82, 2.24) is 5.32 Å². The summed E-state index contributed by atoms with van der Waals surface area (Å²) in [6.07, 6.45) is 0.430. The Bertz CT molecular complexity index is 644. The molecular formula is C17H18N2O3. The fraction of sp³-hybridized carbons (Fsp3) is 0.235. The van der Waals surface area contributed by atoms with Gasteiger partial charge in [0.2, 0.25) is 12.7 Å². The molecule has 0 atom stereocenters. The van der Waals surface area contributed by atoms with Crippen molar-refractivity contribution in [3.05, 3.63) is 54.1 Å². The molecule has 0 aliphatic carbocycles. The Balaban J connectivity index is 1.39. The molecule has 2 aromatic rings. The van der Waals surface area contributed by atoms with E-state index in [4.69, 9.17) is 9.47 Å². The van der Waals surface area contributed by atoms with E-state index in [9.17, 15) is 4.79 Å². The number of amides is 1. The van der Waals surface area contributed by atoms with E-state index < -0.39 is 0 Å². The maximum absolute atomic E-state index is 11.8. The molecule has 0 unspecified atom stereocenters. The van der Waals surface area contributed by atoms with Gasteiger partial charge in [0.15, 0.2) is 11.5 Å². The zero-order valence-electron chi connectivity index (χ0n) is 12.2. The van der Waals surface area contributed by atoms with Crippen LogP contribution in [0.2, 0.25) is 0 Å². The SMILES string of the molecule is O=C(CCNCc1ccc2c(c1)OCO2)Nc1ccccc1. The lowest BCUT2D eigenvalue weighted by molar-refractivity contribution is -0.116. The lowest BCUT2D eigenvalue weighted by Crippen LogP contribution is -2.21. The molecule has 5 heteroatoms. The minimum Gasteiger partial charge on any atom is -0.454 e. The van der Waals surface area contributed by atoms with Gasteiger partial charge < -0.3 is 20.1 Å². The van der Waals surface area contributed by atoms with Crippen LogP contribution in [0.3, 0.4) is 0 Å². The quantitative estimate of drug-likeness (QED) is 0.805. The van der Waals surface area contributed by atoms with E-state index in [0.29, 0.717) is 19.5 Å². The first-order valence-corrected chi connectivity index (χ1v) is 7.25. The standard InChI is InChI=1S/C17H18N2O3/c20-17(19-14-4-2-1-3-5-14)8-9-18-11-13-6-7-15-16(10-13)22-12-21-15/h1-7,10,18H,8-9,11-12H2,(H,19,20). The number of carbonyl (C=O) groups excluding carboxylic acids is 1. The summed E-state index contributed by atoms with van der Waals surface area (Å²) in [7, 11) is 0. The minimum absolute atomic E-state index is 0.00406. The van der Waals surface area contributed by atoms with E-state index in [1.54, 1.807) is 0 Å². The first-order valence-electron chi connectivity index (χ1n) is 7.25. The molecule has 2 N–H and O–H groups in total. The maximum atomic E-state index is 11.8. The van der Waals surface area contributed by atoms with Crippen LogP contribution in [-0.2, 0) is 11.3 Å². The van der Waals surface area contributed by atoms with Crippen molar-refractivity contribution < 1.29 is 14.3 Å². The van der Waals surface area contributed by atoms with Crippen LogP contribution < -0.4 is 20.1 Å². The van der Waals surface area contributed by atoms with E-state index in [0.717, 1.165) is 22.7 Å². The Kier molecular flexibility index (Phi) is 4.56. The largest absolute Gasteiger partial charge is 0.454 e. The topological polar surface area (TPSA) is 59.6 Å². The molecule has 0 radical (unpaired) electrons. The van der Waals surface area contributed by atoms with Crippen LogP contribution in [0.5, 0.6) is 11.5 Å². The average Bonchev–Trinajstić information content (AvgIpc) is 3.00. The van der Waals surface area contributed by atoms with Crippen LogP contribution in [0.1, 0.15) is 12.0 Å². The Morgan fingerprint density at radius 2 is 1.86 bits per heavy atom. The van der Waals surface area contributed by atoms with Gasteiger partial charge >= 0.3 is 0 Å². The molecule has 2 aromatic carbocycles. The minimum atomic E-state index is 0.00406. The Hall–Kier alpha value is -2.53. The number of carbonyl (C=O) groups is 1. The van der Waals surface area contributed by atoms with Gasteiger partial charge in [-0.25, -0.2) is 0 Å². The van der Waals surface area contributed by atoms with Gasteiger partial charge in [0, 0.05) is 25.2 Å². The fourth-order valence-electron chi connectivity index (χ4n) is 2.23. The molecule has 0 saturated heterocycles. The highest BCUT2D eigenvalue weighted by atomic mass is 16.7. The van der Waals surface area contributed by atoms with E-state index in [-0.39, 0.29) is 12.7 Å². The average molecular weight is 298 g/mol. The molecule has 1 aliphatic heterocycles. The van der Waals surface area contributed by atoms with Gasteiger partial charge in [-0.2, -0.15) is 0 Å². The summed E-state index contributed by atoms with van der Waals surface area (Å²) < 4.78 is 10.6. The predicted octanol–water partition coefficient (Wildman–Crippen LogP) is 2.53. The number of anilines is 1. The number of rotatable bonds is 6. The molecule has 0 saturated carbocycles. The van der Waals surface area contributed by atoms with Gasteiger partial charge in [0.25, 0.3) is 0 Å². The summed E-state index contributed by atoms with van der Waals surface area (Å²) in [6.45, 7) is 1.59. The van der Waals surface area contributed by atoms with Crippen molar-refractivity contribution in [2.75, 3.05) is 18.7 Å². The van der Waals surface area contributed by atoms with Crippen molar-refractivity contribution in [1.29, 1.82) is 0 Å². The van der Waals surface area contributed by atoms with E-state index in [2.05, 4.69) is 10.6 Å². The highest BCUT2D eigenvalue weighted by Gasteiger charge is 2.12. The third kappa shape index (κ3) is 3.77. The zero-order chi connectivity index (χ0) is 15.2. The summed E-state index contributed by atoms with van der Waals surface area (Å²) in [5, 5.41) is 6.11. The van der Waals surface area contributed by atoms with Gasteiger partial charge in [-0.1, -0.05) is 24.3 Å². The number of para-hydroxylation sites is 1. The molecule has 0 aromatic heterocycles. The second-order valence-corrected chi connectivity index (χ2v) is 5.03. The van der Waals surface area contributed by atoms with E-state index >= 15 is 0 Å². The second kappa shape index (κ2) is 6.95. The lowest BCUT2D eigenvalue weighted by Gasteiger charge is -2.07. The van der Waals surface area contributed by atoms with Crippen molar-refractivity contribution in [3.8, 4) is 11.5 Å². The molecule has 0 spiro atoms. The molecule has 0 bridgehead atoms. The number of ether oxygens (including phenoxy) is 2. The number of benzene rings is 2. The number of hydrogen-bond acceptors (Lipinski definition) is 4. The smallest absolute Gasteiger partial charge is 0.231 e. The molecule has 22 heavy (non-hydrogen) atoms. The normalized spacial score (nSPS) is 12.2. The molecule has 114 valence electrons. The first-order chi connectivity index (χ1) is 10.8. The van der Waals surface area contributed by atoms with E-state index in [1.807, 2.05) is 48.5 Å². The Morgan fingerprint density at radius 1 is 1.05 bits per heavy atom. The van der Waals surface area contributed by atoms with Crippen LogP contribution in [0.15, 0.2) is 48.5 Å². The summed E-state index contributed by atoms with van der Waals surface area (Å²) in [5.41, 5.74) is 1.93. The molecule has 1 heterocycles. The van der Waals surface area contributed by atoms with Gasteiger partial charge in [-0.15, -0.1) is 0 Å².